The molecule has 0 saturated carbocycles. The van der Waals surface area contributed by atoms with E-state index in [1.807, 2.05) is 0 Å². The first-order valence-corrected chi connectivity index (χ1v) is 9.87. The molecular formula is C25H32. The maximum Gasteiger partial charge on any atom is -0.00548 e. The molecule has 0 saturated heterocycles. The molecule has 0 radical (unpaired) electrons. The molecule has 0 heteroatoms. The first kappa shape index (κ1) is 18.0. The van der Waals surface area contributed by atoms with Gasteiger partial charge in [-0.25, -0.2) is 0 Å². The highest BCUT2D eigenvalue weighted by Gasteiger charge is 2.21. The number of rotatable bonds is 5. The van der Waals surface area contributed by atoms with Crippen LogP contribution in [0.4, 0.5) is 0 Å². The smallest absolute Gasteiger partial charge is 0.00548 e. The number of benzene rings is 2. The third-order valence-corrected chi connectivity index (χ3v) is 5.64. The summed E-state index contributed by atoms with van der Waals surface area (Å²) in [4.78, 5) is 0. The van der Waals surface area contributed by atoms with Gasteiger partial charge in [0.1, 0.15) is 0 Å². The molecule has 3 rings (SSSR count). The molecule has 0 aliphatic heterocycles. The van der Waals surface area contributed by atoms with Crippen LogP contribution < -0.4 is 0 Å². The molecule has 2 aromatic carbocycles. The summed E-state index contributed by atoms with van der Waals surface area (Å²) in [6.45, 7) is 11.4. The minimum Gasteiger partial charge on any atom is -0.0654 e. The minimum absolute atomic E-state index is 0.207. The lowest BCUT2D eigenvalue weighted by atomic mass is 9.86. The van der Waals surface area contributed by atoms with Crippen LogP contribution in [-0.4, -0.2) is 0 Å². The van der Waals surface area contributed by atoms with E-state index in [0.717, 1.165) is 12.3 Å². The van der Waals surface area contributed by atoms with Crippen molar-refractivity contribution >= 4 is 6.08 Å². The second kappa shape index (κ2) is 7.20. The van der Waals surface area contributed by atoms with E-state index in [9.17, 15) is 0 Å². The Kier molecular flexibility index (Phi) is 5.18. The lowest BCUT2D eigenvalue weighted by molar-refractivity contribution is 0.530. The molecule has 0 heterocycles. The number of hydrogen-bond acceptors (Lipinski definition) is 0. The van der Waals surface area contributed by atoms with Crippen LogP contribution in [0.25, 0.3) is 17.2 Å². The lowest BCUT2D eigenvalue weighted by Gasteiger charge is -2.19. The van der Waals surface area contributed by atoms with E-state index in [4.69, 9.17) is 0 Å². The Bertz CT molecular complexity index is 754. The van der Waals surface area contributed by atoms with Crippen molar-refractivity contribution < 1.29 is 0 Å². The molecule has 2 aromatic rings. The van der Waals surface area contributed by atoms with Gasteiger partial charge in [-0.3, -0.25) is 0 Å². The molecule has 25 heavy (non-hydrogen) atoms. The van der Waals surface area contributed by atoms with Gasteiger partial charge in [0, 0.05) is 0 Å². The molecule has 0 fully saturated rings. The van der Waals surface area contributed by atoms with Gasteiger partial charge in [-0.1, -0.05) is 95.2 Å². The fourth-order valence-electron chi connectivity index (χ4n) is 4.06. The average Bonchev–Trinajstić information content (AvgIpc) is 3.03. The summed E-state index contributed by atoms with van der Waals surface area (Å²) in [6.07, 6.45) is 7.47. The van der Waals surface area contributed by atoms with E-state index in [2.05, 4.69) is 83.2 Å². The fraction of sp³-hybridized carbons (Fsp3) is 0.440. The largest absolute Gasteiger partial charge is 0.0654 e. The van der Waals surface area contributed by atoms with Crippen molar-refractivity contribution in [1.82, 2.24) is 0 Å². The van der Waals surface area contributed by atoms with E-state index >= 15 is 0 Å². The molecule has 1 unspecified atom stereocenters. The van der Waals surface area contributed by atoms with E-state index in [0.29, 0.717) is 0 Å². The molecule has 1 aliphatic carbocycles. The molecule has 1 aliphatic rings. The van der Waals surface area contributed by atoms with Gasteiger partial charge in [0.15, 0.2) is 0 Å². The standard InChI is InChI=1S/C25H32/c1-6-9-18(7-2)21-16-20-10-8-11-23(24(20)17-21)19-12-14-22(15-13-19)25(3,4)5/h8,10-15,17-18H,6-7,9,16H2,1-5H3. The minimum atomic E-state index is 0.207. The van der Waals surface area contributed by atoms with Crippen LogP contribution in [-0.2, 0) is 11.8 Å². The van der Waals surface area contributed by atoms with Gasteiger partial charge in [0.25, 0.3) is 0 Å². The molecule has 0 nitrogen and oxygen atoms in total. The highest BCUT2D eigenvalue weighted by Crippen LogP contribution is 2.38. The lowest BCUT2D eigenvalue weighted by Crippen LogP contribution is -2.10. The molecule has 0 N–H and O–H groups in total. The Hall–Kier alpha value is -1.82. The number of fused-ring (bicyclic) bond motifs is 1. The molecule has 0 bridgehead atoms. The van der Waals surface area contributed by atoms with Crippen molar-refractivity contribution in [2.45, 2.75) is 65.7 Å². The quantitative estimate of drug-likeness (QED) is 0.534. The van der Waals surface area contributed by atoms with Gasteiger partial charge >= 0.3 is 0 Å². The van der Waals surface area contributed by atoms with Gasteiger partial charge in [-0.05, 0) is 58.4 Å². The zero-order valence-electron chi connectivity index (χ0n) is 16.5. The second-order valence-corrected chi connectivity index (χ2v) is 8.50. The Labute approximate surface area is 154 Å². The van der Waals surface area contributed by atoms with Crippen LogP contribution >= 0.6 is 0 Å². The summed E-state index contributed by atoms with van der Waals surface area (Å²) in [5, 5.41) is 0. The Morgan fingerprint density at radius 3 is 2.28 bits per heavy atom. The summed E-state index contributed by atoms with van der Waals surface area (Å²) >= 11 is 0. The van der Waals surface area contributed by atoms with Gasteiger partial charge in [-0.15, -0.1) is 0 Å². The predicted molar refractivity (Wildman–Crippen MR) is 111 cm³/mol. The van der Waals surface area contributed by atoms with Crippen molar-refractivity contribution in [3.05, 3.63) is 64.7 Å². The van der Waals surface area contributed by atoms with Gasteiger partial charge in [-0.2, -0.15) is 0 Å². The van der Waals surface area contributed by atoms with Gasteiger partial charge in [0.2, 0.25) is 0 Å². The topological polar surface area (TPSA) is 0 Å². The van der Waals surface area contributed by atoms with Crippen molar-refractivity contribution in [2.24, 2.45) is 5.92 Å². The van der Waals surface area contributed by atoms with E-state index in [-0.39, 0.29) is 5.41 Å². The van der Waals surface area contributed by atoms with Gasteiger partial charge in [0.05, 0.1) is 0 Å². The normalized spacial score (nSPS) is 15.0. The number of allylic oxidation sites excluding steroid dienone is 1. The van der Waals surface area contributed by atoms with Crippen molar-refractivity contribution in [3.63, 3.8) is 0 Å². The maximum absolute atomic E-state index is 2.49. The van der Waals surface area contributed by atoms with E-state index < -0.39 is 0 Å². The highest BCUT2D eigenvalue weighted by atomic mass is 14.3. The van der Waals surface area contributed by atoms with Crippen LogP contribution in [0.2, 0.25) is 0 Å². The third kappa shape index (κ3) is 3.73. The first-order valence-electron chi connectivity index (χ1n) is 9.87. The third-order valence-electron chi connectivity index (χ3n) is 5.64. The SMILES string of the molecule is CCCC(CC)C1=Cc2c(cccc2-c2ccc(C(C)(C)C)cc2)C1. The van der Waals surface area contributed by atoms with Gasteiger partial charge < -0.3 is 0 Å². The van der Waals surface area contributed by atoms with E-state index in [1.54, 1.807) is 5.57 Å². The Morgan fingerprint density at radius 2 is 1.68 bits per heavy atom. The molecule has 0 amide bonds. The maximum atomic E-state index is 2.49. The van der Waals surface area contributed by atoms with Crippen molar-refractivity contribution in [1.29, 1.82) is 0 Å². The molecular weight excluding hydrogens is 300 g/mol. The van der Waals surface area contributed by atoms with Crippen LogP contribution in [0.1, 0.15) is 70.6 Å². The monoisotopic (exact) mass is 332 g/mol. The summed E-state index contributed by atoms with van der Waals surface area (Å²) < 4.78 is 0. The Balaban J connectivity index is 1.96. The summed E-state index contributed by atoms with van der Waals surface area (Å²) in [5.41, 5.74) is 8.92. The van der Waals surface area contributed by atoms with Crippen LogP contribution in [0.3, 0.4) is 0 Å². The first-order chi connectivity index (χ1) is 11.9. The van der Waals surface area contributed by atoms with Crippen molar-refractivity contribution in [3.8, 4) is 11.1 Å². The van der Waals surface area contributed by atoms with E-state index in [1.165, 1.54) is 47.1 Å². The molecule has 132 valence electrons. The summed E-state index contributed by atoms with van der Waals surface area (Å²) in [6, 6.07) is 16.0. The van der Waals surface area contributed by atoms with Crippen LogP contribution in [0.15, 0.2) is 48.0 Å². The molecule has 0 spiro atoms. The fourth-order valence-corrected chi connectivity index (χ4v) is 4.06. The number of hydrogen-bond donors (Lipinski definition) is 0. The van der Waals surface area contributed by atoms with Crippen molar-refractivity contribution in [2.75, 3.05) is 0 Å². The molecule has 1 atom stereocenters. The summed E-state index contributed by atoms with van der Waals surface area (Å²) in [5.74, 6) is 0.744. The zero-order chi connectivity index (χ0) is 18.0. The predicted octanol–water partition coefficient (Wildman–Crippen LogP) is 7.42. The highest BCUT2D eigenvalue weighted by molar-refractivity contribution is 5.81. The average molecular weight is 333 g/mol. The Morgan fingerprint density at radius 1 is 0.960 bits per heavy atom. The second-order valence-electron chi connectivity index (χ2n) is 8.50. The summed E-state index contributed by atoms with van der Waals surface area (Å²) in [7, 11) is 0. The van der Waals surface area contributed by atoms with Crippen LogP contribution in [0.5, 0.6) is 0 Å². The molecule has 0 aromatic heterocycles. The zero-order valence-corrected chi connectivity index (χ0v) is 16.5. The van der Waals surface area contributed by atoms with Crippen LogP contribution in [0, 0.1) is 5.92 Å².